The lowest BCUT2D eigenvalue weighted by molar-refractivity contribution is 0.0524. The molecule has 0 aliphatic rings. The van der Waals surface area contributed by atoms with Crippen molar-refractivity contribution in [3.8, 4) is 0 Å². The van der Waals surface area contributed by atoms with Crippen LogP contribution in [0.1, 0.15) is 41.4 Å². The SMILES string of the molecule is CCOC(=O)c1ccccc1C(C)NCc1ccccc1.Cl. The van der Waals surface area contributed by atoms with Gasteiger partial charge in [-0.15, -0.1) is 12.4 Å². The van der Waals surface area contributed by atoms with Gasteiger partial charge in [-0.2, -0.15) is 0 Å². The Bertz CT molecular complexity index is 587. The van der Waals surface area contributed by atoms with Crippen molar-refractivity contribution >= 4 is 18.4 Å². The largest absolute Gasteiger partial charge is 0.462 e. The van der Waals surface area contributed by atoms with Crippen LogP contribution < -0.4 is 5.32 Å². The highest BCUT2D eigenvalue weighted by Gasteiger charge is 2.16. The fraction of sp³-hybridized carbons (Fsp3) is 0.278. The summed E-state index contributed by atoms with van der Waals surface area (Å²) in [5.74, 6) is -0.263. The second-order valence-corrected chi connectivity index (χ2v) is 4.90. The Hall–Kier alpha value is -1.84. The van der Waals surface area contributed by atoms with Crippen LogP contribution in [-0.2, 0) is 11.3 Å². The third kappa shape index (κ3) is 4.86. The number of benzene rings is 2. The van der Waals surface area contributed by atoms with Crippen LogP contribution in [-0.4, -0.2) is 12.6 Å². The Labute approximate surface area is 138 Å². The van der Waals surface area contributed by atoms with Crippen molar-refractivity contribution in [1.29, 1.82) is 0 Å². The summed E-state index contributed by atoms with van der Waals surface area (Å²) in [7, 11) is 0. The third-order valence-electron chi connectivity index (χ3n) is 3.38. The monoisotopic (exact) mass is 319 g/mol. The maximum atomic E-state index is 12.0. The fourth-order valence-corrected chi connectivity index (χ4v) is 2.25. The Morgan fingerprint density at radius 2 is 1.73 bits per heavy atom. The van der Waals surface area contributed by atoms with Gasteiger partial charge in [-0.3, -0.25) is 0 Å². The maximum Gasteiger partial charge on any atom is 0.338 e. The first-order chi connectivity index (χ1) is 10.2. The zero-order valence-electron chi connectivity index (χ0n) is 12.9. The molecule has 0 radical (unpaired) electrons. The van der Waals surface area contributed by atoms with Crippen molar-refractivity contribution in [2.24, 2.45) is 0 Å². The number of rotatable bonds is 6. The average molecular weight is 320 g/mol. The van der Waals surface area contributed by atoms with E-state index in [9.17, 15) is 4.79 Å². The summed E-state index contributed by atoms with van der Waals surface area (Å²) < 4.78 is 5.11. The molecule has 2 aromatic rings. The van der Waals surface area contributed by atoms with Gasteiger partial charge in [-0.1, -0.05) is 48.5 Å². The van der Waals surface area contributed by atoms with Gasteiger partial charge >= 0.3 is 5.97 Å². The molecule has 2 aromatic carbocycles. The molecular formula is C18H22ClNO2. The predicted molar refractivity (Wildman–Crippen MR) is 91.3 cm³/mol. The first-order valence-electron chi connectivity index (χ1n) is 7.25. The predicted octanol–water partition coefficient (Wildman–Crippen LogP) is 4.14. The highest BCUT2D eigenvalue weighted by molar-refractivity contribution is 5.91. The van der Waals surface area contributed by atoms with Crippen LogP contribution >= 0.6 is 12.4 Å². The molecule has 4 heteroatoms. The molecule has 2 rings (SSSR count). The van der Waals surface area contributed by atoms with Crippen LogP contribution in [0.25, 0.3) is 0 Å². The van der Waals surface area contributed by atoms with Crippen molar-refractivity contribution in [2.75, 3.05) is 6.61 Å². The van der Waals surface area contributed by atoms with E-state index in [1.54, 1.807) is 0 Å². The Morgan fingerprint density at radius 3 is 2.41 bits per heavy atom. The zero-order valence-corrected chi connectivity index (χ0v) is 13.7. The normalized spacial score (nSPS) is 11.4. The van der Waals surface area contributed by atoms with Gasteiger partial charge in [0.05, 0.1) is 12.2 Å². The number of carbonyl (C=O) groups is 1. The third-order valence-corrected chi connectivity index (χ3v) is 3.38. The lowest BCUT2D eigenvalue weighted by Crippen LogP contribution is -2.21. The second kappa shape index (κ2) is 9.23. The van der Waals surface area contributed by atoms with Crippen LogP contribution in [0.5, 0.6) is 0 Å². The highest BCUT2D eigenvalue weighted by atomic mass is 35.5. The van der Waals surface area contributed by atoms with Crippen LogP contribution in [0.15, 0.2) is 54.6 Å². The van der Waals surface area contributed by atoms with Gasteiger partial charge in [-0.25, -0.2) is 4.79 Å². The summed E-state index contributed by atoms with van der Waals surface area (Å²) in [6.07, 6.45) is 0. The number of hydrogen-bond donors (Lipinski definition) is 1. The molecular weight excluding hydrogens is 298 g/mol. The van der Waals surface area contributed by atoms with Gasteiger partial charge in [0.1, 0.15) is 0 Å². The first-order valence-corrected chi connectivity index (χ1v) is 7.25. The molecule has 0 amide bonds. The highest BCUT2D eigenvalue weighted by Crippen LogP contribution is 2.19. The minimum absolute atomic E-state index is 0. The molecule has 22 heavy (non-hydrogen) atoms. The van der Waals surface area contributed by atoms with E-state index < -0.39 is 0 Å². The van der Waals surface area contributed by atoms with Crippen LogP contribution in [0.4, 0.5) is 0 Å². The molecule has 0 aliphatic carbocycles. The van der Waals surface area contributed by atoms with Gasteiger partial charge in [-0.05, 0) is 31.0 Å². The number of nitrogens with one attached hydrogen (secondary N) is 1. The molecule has 0 spiro atoms. The van der Waals surface area contributed by atoms with Crippen molar-refractivity contribution < 1.29 is 9.53 Å². The van der Waals surface area contributed by atoms with Crippen LogP contribution in [0.3, 0.4) is 0 Å². The van der Waals surface area contributed by atoms with Gasteiger partial charge in [0.15, 0.2) is 0 Å². The molecule has 1 unspecified atom stereocenters. The number of esters is 1. The summed E-state index contributed by atoms with van der Waals surface area (Å²) in [6, 6.07) is 17.9. The molecule has 0 bridgehead atoms. The summed E-state index contributed by atoms with van der Waals surface area (Å²) in [6.45, 7) is 5.02. The van der Waals surface area contributed by atoms with E-state index >= 15 is 0 Å². The number of carbonyl (C=O) groups excluding carboxylic acids is 1. The lowest BCUT2D eigenvalue weighted by atomic mass is 10.0. The van der Waals surface area contributed by atoms with Crippen molar-refractivity contribution in [1.82, 2.24) is 5.32 Å². The molecule has 0 saturated carbocycles. The molecule has 0 aliphatic heterocycles. The van der Waals surface area contributed by atoms with E-state index in [-0.39, 0.29) is 24.4 Å². The van der Waals surface area contributed by atoms with Gasteiger partial charge < -0.3 is 10.1 Å². The maximum absolute atomic E-state index is 12.0. The molecule has 0 aromatic heterocycles. The summed E-state index contributed by atoms with van der Waals surface area (Å²) in [5, 5.41) is 3.44. The molecule has 0 fully saturated rings. The Morgan fingerprint density at radius 1 is 1.09 bits per heavy atom. The summed E-state index contributed by atoms with van der Waals surface area (Å²) in [4.78, 5) is 12.0. The zero-order chi connectivity index (χ0) is 15.1. The summed E-state index contributed by atoms with van der Waals surface area (Å²) >= 11 is 0. The Balaban J connectivity index is 0.00000242. The number of halogens is 1. The van der Waals surface area contributed by atoms with E-state index in [4.69, 9.17) is 4.74 Å². The number of ether oxygens (including phenoxy) is 1. The standard InChI is InChI=1S/C18H21NO2.ClH/c1-3-21-18(20)17-12-8-7-11-16(17)14(2)19-13-15-9-5-4-6-10-15;/h4-12,14,19H,3,13H2,1-2H3;1H. The topological polar surface area (TPSA) is 38.3 Å². The van der Waals surface area contributed by atoms with Crippen LogP contribution in [0, 0.1) is 0 Å². The minimum Gasteiger partial charge on any atom is -0.462 e. The van der Waals surface area contributed by atoms with E-state index in [0.717, 1.165) is 12.1 Å². The van der Waals surface area contributed by atoms with Gasteiger partial charge in [0.2, 0.25) is 0 Å². The smallest absolute Gasteiger partial charge is 0.338 e. The molecule has 118 valence electrons. The second-order valence-electron chi connectivity index (χ2n) is 4.90. The van der Waals surface area contributed by atoms with Crippen molar-refractivity contribution in [3.63, 3.8) is 0 Å². The quantitative estimate of drug-likeness (QED) is 0.813. The molecule has 0 saturated heterocycles. The molecule has 1 N–H and O–H groups in total. The van der Waals surface area contributed by atoms with E-state index in [1.165, 1.54) is 5.56 Å². The summed E-state index contributed by atoms with van der Waals surface area (Å²) in [5.41, 5.74) is 2.82. The van der Waals surface area contributed by atoms with Gasteiger partial charge in [0, 0.05) is 12.6 Å². The van der Waals surface area contributed by atoms with Crippen LogP contribution in [0.2, 0.25) is 0 Å². The van der Waals surface area contributed by atoms with E-state index in [1.807, 2.05) is 49.4 Å². The first kappa shape index (κ1) is 18.2. The van der Waals surface area contributed by atoms with Crippen molar-refractivity contribution in [2.45, 2.75) is 26.4 Å². The van der Waals surface area contributed by atoms with Crippen molar-refractivity contribution in [3.05, 3.63) is 71.3 Å². The molecule has 0 heterocycles. The average Bonchev–Trinajstić information content (AvgIpc) is 2.54. The lowest BCUT2D eigenvalue weighted by Gasteiger charge is -2.17. The number of hydrogen-bond acceptors (Lipinski definition) is 3. The van der Waals surface area contributed by atoms with Gasteiger partial charge in [0.25, 0.3) is 0 Å². The minimum atomic E-state index is -0.263. The molecule has 1 atom stereocenters. The molecule has 3 nitrogen and oxygen atoms in total. The van der Waals surface area contributed by atoms with E-state index in [2.05, 4.69) is 24.4 Å². The Kier molecular flexibility index (Phi) is 7.64. The fourth-order valence-electron chi connectivity index (χ4n) is 2.25. The van der Waals surface area contributed by atoms with E-state index in [0.29, 0.717) is 12.2 Å².